The van der Waals surface area contributed by atoms with Gasteiger partial charge in [0.15, 0.2) is 6.61 Å². The van der Waals surface area contributed by atoms with Gasteiger partial charge in [0, 0.05) is 27.8 Å². The average molecular weight is 501 g/mol. The fraction of sp³-hybridized carbons (Fsp3) is 0.222. The summed E-state index contributed by atoms with van der Waals surface area (Å²) in [6, 6.07) is 20.9. The lowest BCUT2D eigenvalue weighted by atomic mass is 10.1. The number of hydrogen-bond acceptors (Lipinski definition) is 2. The molecule has 0 atom stereocenters. The molecule has 0 bridgehead atoms. The number of carbonyl (C=O) groups is 1. The van der Waals surface area contributed by atoms with Crippen molar-refractivity contribution in [2.45, 2.75) is 32.5 Å². The number of aromatic nitrogens is 1. The molecule has 0 saturated carbocycles. The van der Waals surface area contributed by atoms with Crippen LogP contribution >= 0.6 is 11.6 Å². The van der Waals surface area contributed by atoms with Gasteiger partial charge in [0.2, 0.25) is 0 Å². The maximum Gasteiger partial charge on any atom is 0.417 e. The number of nitrogens with zero attached hydrogens (tertiary/aromatic N) is 1. The number of fused-ring (bicyclic) bond motifs is 1. The Morgan fingerprint density at radius 2 is 1.66 bits per heavy atom. The van der Waals surface area contributed by atoms with Crippen LogP contribution < -0.4 is 10.1 Å². The van der Waals surface area contributed by atoms with Gasteiger partial charge in [-0.15, -0.1) is 0 Å². The van der Waals surface area contributed by atoms with Crippen molar-refractivity contribution >= 4 is 34.1 Å². The van der Waals surface area contributed by atoms with Crippen molar-refractivity contribution < 1.29 is 22.7 Å². The molecule has 3 aromatic carbocycles. The quantitative estimate of drug-likeness (QED) is 0.304. The molecule has 4 rings (SSSR count). The summed E-state index contributed by atoms with van der Waals surface area (Å²) in [6.07, 6.45) is -4.62. The van der Waals surface area contributed by atoms with Gasteiger partial charge in [-0.1, -0.05) is 29.8 Å². The van der Waals surface area contributed by atoms with Crippen LogP contribution in [-0.4, -0.2) is 17.1 Å². The summed E-state index contributed by atoms with van der Waals surface area (Å²) in [7, 11) is 0. The van der Waals surface area contributed by atoms with E-state index in [0.29, 0.717) is 5.75 Å². The molecule has 0 unspecified atom stereocenters. The van der Waals surface area contributed by atoms with Crippen molar-refractivity contribution in [3.63, 3.8) is 0 Å². The number of hydrogen-bond donors (Lipinski definition) is 1. The summed E-state index contributed by atoms with van der Waals surface area (Å²) >= 11 is 5.61. The first kappa shape index (κ1) is 24.7. The average Bonchev–Trinajstić information content (AvgIpc) is 3.19. The van der Waals surface area contributed by atoms with Gasteiger partial charge in [0.25, 0.3) is 5.91 Å². The number of rotatable bonds is 5. The highest BCUT2D eigenvalue weighted by Crippen LogP contribution is 2.36. The highest BCUT2D eigenvalue weighted by atomic mass is 35.5. The van der Waals surface area contributed by atoms with Crippen LogP contribution in [0.15, 0.2) is 72.8 Å². The lowest BCUT2D eigenvalue weighted by Gasteiger charge is -2.26. The number of para-hydroxylation sites is 1. The van der Waals surface area contributed by atoms with Crippen molar-refractivity contribution in [3.8, 4) is 17.0 Å². The molecule has 0 spiro atoms. The van der Waals surface area contributed by atoms with Gasteiger partial charge in [-0.25, -0.2) is 0 Å². The second-order valence-electron chi connectivity index (χ2n) is 9.15. The summed E-state index contributed by atoms with van der Waals surface area (Å²) in [5.74, 6) is -0.119. The largest absolute Gasteiger partial charge is 0.484 e. The van der Waals surface area contributed by atoms with Crippen molar-refractivity contribution in [2.24, 2.45) is 0 Å². The predicted octanol–water partition coefficient (Wildman–Crippen LogP) is 7.75. The van der Waals surface area contributed by atoms with E-state index in [0.717, 1.165) is 34.3 Å². The zero-order chi connectivity index (χ0) is 25.4. The molecule has 0 aliphatic rings. The van der Waals surface area contributed by atoms with Crippen LogP contribution in [0.3, 0.4) is 0 Å². The molecule has 182 valence electrons. The van der Waals surface area contributed by atoms with Crippen LogP contribution in [-0.2, 0) is 16.5 Å². The van der Waals surface area contributed by atoms with Gasteiger partial charge >= 0.3 is 6.18 Å². The molecule has 0 aliphatic carbocycles. The molecule has 1 aromatic heterocycles. The predicted molar refractivity (Wildman–Crippen MR) is 133 cm³/mol. The molecule has 0 fully saturated rings. The summed E-state index contributed by atoms with van der Waals surface area (Å²) in [5.41, 5.74) is 2.03. The van der Waals surface area contributed by atoms with E-state index in [1.807, 2.05) is 24.3 Å². The molecule has 4 aromatic rings. The normalized spacial score (nSPS) is 12.1. The van der Waals surface area contributed by atoms with Crippen LogP contribution in [0.2, 0.25) is 5.02 Å². The molecule has 1 heterocycles. The fourth-order valence-electron chi connectivity index (χ4n) is 3.98. The Morgan fingerprint density at radius 3 is 2.31 bits per heavy atom. The Kier molecular flexibility index (Phi) is 6.56. The number of nitrogens with one attached hydrogen (secondary N) is 1. The Labute approximate surface area is 206 Å². The van der Waals surface area contributed by atoms with E-state index in [-0.39, 0.29) is 17.8 Å². The number of carbonyl (C=O) groups excluding carboxylic acids is 1. The highest BCUT2D eigenvalue weighted by Gasteiger charge is 2.33. The van der Waals surface area contributed by atoms with Crippen LogP contribution in [0.25, 0.3) is 22.2 Å². The second kappa shape index (κ2) is 9.30. The monoisotopic (exact) mass is 500 g/mol. The molecular formula is C27H24ClF3N2O2. The Hall–Kier alpha value is -3.45. The molecule has 0 radical (unpaired) electrons. The number of amides is 1. The maximum atomic E-state index is 13.0. The van der Waals surface area contributed by atoms with Crippen molar-refractivity contribution in [1.29, 1.82) is 0 Å². The van der Waals surface area contributed by atoms with Crippen LogP contribution in [0.1, 0.15) is 26.3 Å². The van der Waals surface area contributed by atoms with Gasteiger partial charge in [-0.2, -0.15) is 13.2 Å². The SMILES string of the molecule is CC(C)(C)n1c(-c2ccc(OCC(=O)Nc3ccc(Cl)c(C(F)(F)F)c3)cc2)cc2ccccc21. The number of halogens is 4. The van der Waals surface area contributed by atoms with E-state index in [2.05, 4.69) is 48.9 Å². The van der Waals surface area contributed by atoms with Crippen molar-refractivity contribution in [3.05, 3.63) is 83.4 Å². The number of anilines is 1. The standard InChI is InChI=1S/C27H24ClF3N2O2/c1-26(2,3)33-23-7-5-4-6-18(23)14-24(33)17-8-11-20(12-9-17)35-16-25(34)32-19-10-13-22(28)21(15-19)27(29,30)31/h4-15H,16H2,1-3H3,(H,32,34). The minimum absolute atomic E-state index is 0.0133. The van der Waals surface area contributed by atoms with Crippen LogP contribution in [0, 0.1) is 0 Å². The summed E-state index contributed by atoms with van der Waals surface area (Å²) < 4.78 is 46.9. The van der Waals surface area contributed by atoms with Crippen molar-refractivity contribution in [2.75, 3.05) is 11.9 Å². The van der Waals surface area contributed by atoms with Gasteiger partial charge in [-0.05, 0) is 80.9 Å². The zero-order valence-corrected chi connectivity index (χ0v) is 20.2. The van der Waals surface area contributed by atoms with Gasteiger partial charge < -0.3 is 14.6 Å². The highest BCUT2D eigenvalue weighted by molar-refractivity contribution is 6.31. The first-order valence-electron chi connectivity index (χ1n) is 10.9. The van der Waals surface area contributed by atoms with Crippen LogP contribution in [0.5, 0.6) is 5.75 Å². The molecule has 35 heavy (non-hydrogen) atoms. The van der Waals surface area contributed by atoms with E-state index in [4.69, 9.17) is 16.3 Å². The number of alkyl halides is 3. The van der Waals surface area contributed by atoms with Gasteiger partial charge in [0.05, 0.1) is 10.6 Å². The molecule has 0 saturated heterocycles. The topological polar surface area (TPSA) is 43.3 Å². The minimum atomic E-state index is -4.62. The van der Waals surface area contributed by atoms with E-state index in [1.54, 1.807) is 12.1 Å². The maximum absolute atomic E-state index is 13.0. The fourth-order valence-corrected chi connectivity index (χ4v) is 4.20. The first-order valence-corrected chi connectivity index (χ1v) is 11.3. The third-order valence-electron chi connectivity index (χ3n) is 5.46. The molecular weight excluding hydrogens is 477 g/mol. The van der Waals surface area contributed by atoms with E-state index < -0.39 is 22.7 Å². The van der Waals surface area contributed by atoms with E-state index in [1.165, 1.54) is 6.07 Å². The molecule has 0 aliphatic heterocycles. The third kappa shape index (κ3) is 5.46. The molecule has 1 N–H and O–H groups in total. The Balaban J connectivity index is 1.46. The number of benzene rings is 3. The Morgan fingerprint density at radius 1 is 0.971 bits per heavy atom. The molecule has 4 nitrogen and oxygen atoms in total. The van der Waals surface area contributed by atoms with E-state index in [9.17, 15) is 18.0 Å². The third-order valence-corrected chi connectivity index (χ3v) is 5.79. The Bertz CT molecular complexity index is 1370. The van der Waals surface area contributed by atoms with Gasteiger partial charge in [-0.3, -0.25) is 4.79 Å². The molecule has 1 amide bonds. The van der Waals surface area contributed by atoms with Gasteiger partial charge in [0.1, 0.15) is 5.75 Å². The zero-order valence-electron chi connectivity index (χ0n) is 19.4. The summed E-state index contributed by atoms with van der Waals surface area (Å²) in [6.45, 7) is 6.09. The summed E-state index contributed by atoms with van der Waals surface area (Å²) in [4.78, 5) is 12.2. The van der Waals surface area contributed by atoms with Crippen LogP contribution in [0.4, 0.5) is 18.9 Å². The first-order chi connectivity index (χ1) is 16.4. The molecule has 8 heteroatoms. The lowest BCUT2D eigenvalue weighted by molar-refractivity contribution is -0.137. The van der Waals surface area contributed by atoms with E-state index >= 15 is 0 Å². The smallest absolute Gasteiger partial charge is 0.417 e. The lowest BCUT2D eigenvalue weighted by Crippen LogP contribution is -2.22. The second-order valence-corrected chi connectivity index (χ2v) is 9.56. The minimum Gasteiger partial charge on any atom is -0.484 e. The van der Waals surface area contributed by atoms with Crippen molar-refractivity contribution in [1.82, 2.24) is 4.57 Å². The summed E-state index contributed by atoms with van der Waals surface area (Å²) in [5, 5.41) is 3.11. The number of ether oxygens (including phenoxy) is 1.